The SMILES string of the molecule is CCCCn1cc(-c2ccccc2)nc(-c2ccccc2)c1=O. The van der Waals surface area contributed by atoms with Crippen LogP contribution in [0.1, 0.15) is 19.8 Å². The average Bonchev–Trinajstić information content (AvgIpc) is 2.62. The van der Waals surface area contributed by atoms with Crippen molar-refractivity contribution in [1.29, 1.82) is 0 Å². The second-order valence-corrected chi connectivity index (χ2v) is 5.56. The first-order valence-corrected chi connectivity index (χ1v) is 8.02. The van der Waals surface area contributed by atoms with Crippen LogP contribution in [0.5, 0.6) is 0 Å². The Kier molecular flexibility index (Phi) is 4.67. The fraction of sp³-hybridized carbons (Fsp3) is 0.200. The number of hydrogen-bond donors (Lipinski definition) is 0. The van der Waals surface area contributed by atoms with Gasteiger partial charge in [0.2, 0.25) is 0 Å². The van der Waals surface area contributed by atoms with Crippen LogP contribution in [0, 0.1) is 0 Å². The van der Waals surface area contributed by atoms with E-state index in [9.17, 15) is 4.79 Å². The zero-order valence-electron chi connectivity index (χ0n) is 13.3. The lowest BCUT2D eigenvalue weighted by molar-refractivity contribution is 0.611. The molecule has 0 fully saturated rings. The molecule has 0 spiro atoms. The van der Waals surface area contributed by atoms with Gasteiger partial charge in [0.15, 0.2) is 0 Å². The van der Waals surface area contributed by atoms with Crippen LogP contribution >= 0.6 is 0 Å². The Morgan fingerprint density at radius 3 is 2.13 bits per heavy atom. The van der Waals surface area contributed by atoms with Gasteiger partial charge in [0.25, 0.3) is 5.56 Å². The van der Waals surface area contributed by atoms with Crippen LogP contribution in [0.3, 0.4) is 0 Å². The van der Waals surface area contributed by atoms with Gasteiger partial charge in [-0.05, 0) is 6.42 Å². The van der Waals surface area contributed by atoms with E-state index in [4.69, 9.17) is 0 Å². The van der Waals surface area contributed by atoms with E-state index in [1.54, 1.807) is 4.57 Å². The van der Waals surface area contributed by atoms with Crippen LogP contribution in [0.4, 0.5) is 0 Å². The van der Waals surface area contributed by atoms with E-state index in [-0.39, 0.29) is 5.56 Å². The zero-order valence-corrected chi connectivity index (χ0v) is 13.3. The first-order valence-electron chi connectivity index (χ1n) is 8.02. The molecule has 0 aliphatic carbocycles. The molecule has 0 unspecified atom stereocenters. The Morgan fingerprint density at radius 1 is 0.913 bits per heavy atom. The molecular formula is C20H20N2O. The van der Waals surface area contributed by atoms with Gasteiger partial charge in [-0.1, -0.05) is 74.0 Å². The molecule has 0 aliphatic heterocycles. The second-order valence-electron chi connectivity index (χ2n) is 5.56. The summed E-state index contributed by atoms with van der Waals surface area (Å²) in [6, 6.07) is 19.7. The van der Waals surface area contributed by atoms with Crippen molar-refractivity contribution in [2.45, 2.75) is 26.3 Å². The third kappa shape index (κ3) is 3.39. The van der Waals surface area contributed by atoms with Crippen molar-refractivity contribution in [3.63, 3.8) is 0 Å². The maximum atomic E-state index is 12.8. The van der Waals surface area contributed by atoms with E-state index in [2.05, 4.69) is 11.9 Å². The van der Waals surface area contributed by atoms with Gasteiger partial charge in [-0.15, -0.1) is 0 Å². The van der Waals surface area contributed by atoms with Crippen LogP contribution in [-0.4, -0.2) is 9.55 Å². The predicted octanol–water partition coefficient (Wildman–Crippen LogP) is 4.38. The Hall–Kier alpha value is -2.68. The number of unbranched alkanes of at least 4 members (excludes halogenated alkanes) is 1. The fourth-order valence-electron chi connectivity index (χ4n) is 2.57. The Bertz CT molecular complexity index is 823. The van der Waals surface area contributed by atoms with E-state index in [0.717, 1.165) is 36.2 Å². The highest BCUT2D eigenvalue weighted by Gasteiger charge is 2.11. The van der Waals surface area contributed by atoms with Crippen molar-refractivity contribution >= 4 is 0 Å². The summed E-state index contributed by atoms with van der Waals surface area (Å²) < 4.78 is 1.79. The molecule has 116 valence electrons. The van der Waals surface area contributed by atoms with Gasteiger partial charge in [0.1, 0.15) is 5.69 Å². The highest BCUT2D eigenvalue weighted by molar-refractivity contribution is 5.64. The monoisotopic (exact) mass is 304 g/mol. The number of hydrogen-bond acceptors (Lipinski definition) is 2. The first-order chi connectivity index (χ1) is 11.3. The molecule has 0 radical (unpaired) electrons. The fourth-order valence-corrected chi connectivity index (χ4v) is 2.57. The summed E-state index contributed by atoms with van der Waals surface area (Å²) in [4.78, 5) is 17.4. The van der Waals surface area contributed by atoms with E-state index in [1.807, 2.05) is 66.9 Å². The van der Waals surface area contributed by atoms with Crippen molar-refractivity contribution in [2.24, 2.45) is 0 Å². The summed E-state index contributed by atoms with van der Waals surface area (Å²) in [6.45, 7) is 2.85. The molecule has 23 heavy (non-hydrogen) atoms. The molecule has 0 saturated heterocycles. The Balaban J connectivity index is 2.16. The molecule has 3 aromatic rings. The van der Waals surface area contributed by atoms with Crippen molar-refractivity contribution in [1.82, 2.24) is 9.55 Å². The topological polar surface area (TPSA) is 34.9 Å². The summed E-state index contributed by atoms with van der Waals surface area (Å²) in [5.74, 6) is 0. The molecule has 0 N–H and O–H groups in total. The average molecular weight is 304 g/mol. The van der Waals surface area contributed by atoms with Crippen LogP contribution in [0.25, 0.3) is 22.5 Å². The van der Waals surface area contributed by atoms with Gasteiger partial charge in [-0.2, -0.15) is 0 Å². The molecule has 0 bridgehead atoms. The molecule has 0 saturated carbocycles. The molecule has 3 rings (SSSR count). The van der Waals surface area contributed by atoms with Crippen LogP contribution in [0.2, 0.25) is 0 Å². The van der Waals surface area contributed by atoms with E-state index >= 15 is 0 Å². The number of nitrogens with zero attached hydrogens (tertiary/aromatic N) is 2. The minimum absolute atomic E-state index is 0.0238. The predicted molar refractivity (Wildman–Crippen MR) is 94.3 cm³/mol. The van der Waals surface area contributed by atoms with E-state index in [0.29, 0.717) is 5.69 Å². The standard InChI is InChI=1S/C20H20N2O/c1-2-3-14-22-15-18(16-10-6-4-7-11-16)21-19(20(22)23)17-12-8-5-9-13-17/h4-13,15H,2-3,14H2,1H3. The smallest absolute Gasteiger partial charge is 0.277 e. The van der Waals surface area contributed by atoms with Gasteiger partial charge in [-0.3, -0.25) is 4.79 Å². The molecule has 3 heteroatoms. The summed E-state index contributed by atoms with van der Waals surface area (Å²) in [6.07, 6.45) is 3.91. The van der Waals surface area contributed by atoms with Crippen molar-refractivity contribution in [3.05, 3.63) is 77.2 Å². The summed E-state index contributed by atoms with van der Waals surface area (Å²) in [7, 11) is 0. The minimum Gasteiger partial charge on any atom is -0.311 e. The van der Waals surface area contributed by atoms with Gasteiger partial charge in [0, 0.05) is 23.9 Å². The number of aromatic nitrogens is 2. The van der Waals surface area contributed by atoms with E-state index < -0.39 is 0 Å². The van der Waals surface area contributed by atoms with Crippen LogP contribution in [-0.2, 0) is 6.54 Å². The highest BCUT2D eigenvalue weighted by atomic mass is 16.1. The minimum atomic E-state index is -0.0238. The molecular weight excluding hydrogens is 284 g/mol. The summed E-state index contributed by atoms with van der Waals surface area (Å²) >= 11 is 0. The number of benzene rings is 2. The third-order valence-electron chi connectivity index (χ3n) is 3.84. The first kappa shape index (κ1) is 15.2. The van der Waals surface area contributed by atoms with Gasteiger partial charge in [0.05, 0.1) is 5.69 Å². The van der Waals surface area contributed by atoms with Gasteiger partial charge in [-0.25, -0.2) is 4.98 Å². The van der Waals surface area contributed by atoms with Crippen molar-refractivity contribution < 1.29 is 0 Å². The number of rotatable bonds is 5. The lowest BCUT2D eigenvalue weighted by Crippen LogP contribution is -2.23. The van der Waals surface area contributed by atoms with Crippen molar-refractivity contribution in [2.75, 3.05) is 0 Å². The normalized spacial score (nSPS) is 10.7. The molecule has 1 heterocycles. The largest absolute Gasteiger partial charge is 0.311 e. The number of aryl methyl sites for hydroxylation is 1. The summed E-state index contributed by atoms with van der Waals surface area (Å²) in [5, 5.41) is 0. The third-order valence-corrected chi connectivity index (χ3v) is 3.84. The Labute approximate surface area is 136 Å². The molecule has 3 nitrogen and oxygen atoms in total. The van der Waals surface area contributed by atoms with Gasteiger partial charge >= 0.3 is 0 Å². The maximum Gasteiger partial charge on any atom is 0.277 e. The molecule has 1 aromatic heterocycles. The lowest BCUT2D eigenvalue weighted by atomic mass is 10.1. The Morgan fingerprint density at radius 2 is 1.52 bits per heavy atom. The molecule has 0 amide bonds. The zero-order chi connectivity index (χ0) is 16.1. The quantitative estimate of drug-likeness (QED) is 0.701. The van der Waals surface area contributed by atoms with Crippen molar-refractivity contribution in [3.8, 4) is 22.5 Å². The molecule has 0 atom stereocenters. The molecule has 0 aliphatic rings. The highest BCUT2D eigenvalue weighted by Crippen LogP contribution is 2.20. The van der Waals surface area contributed by atoms with Crippen LogP contribution in [0.15, 0.2) is 71.7 Å². The second kappa shape index (κ2) is 7.05. The van der Waals surface area contributed by atoms with Crippen LogP contribution < -0.4 is 5.56 Å². The molecule has 2 aromatic carbocycles. The maximum absolute atomic E-state index is 12.8. The lowest BCUT2D eigenvalue weighted by Gasteiger charge is -2.11. The summed E-state index contributed by atoms with van der Waals surface area (Å²) in [5.41, 5.74) is 3.21. The van der Waals surface area contributed by atoms with Gasteiger partial charge < -0.3 is 4.57 Å². The van der Waals surface area contributed by atoms with E-state index in [1.165, 1.54) is 0 Å².